The Balaban J connectivity index is 1.65. The third-order valence-electron chi connectivity index (χ3n) is 5.37. The number of anilines is 1. The number of nitrogens with two attached hydrogens (primary N) is 1. The number of aromatic nitrogens is 3. The van der Waals surface area contributed by atoms with Gasteiger partial charge in [0.05, 0.1) is 35.9 Å². The topological polar surface area (TPSA) is 119 Å². The lowest BCUT2D eigenvalue weighted by Gasteiger charge is -2.16. The maximum absolute atomic E-state index is 14.2. The van der Waals surface area contributed by atoms with Crippen LogP contribution in [0, 0.1) is 11.3 Å². The van der Waals surface area contributed by atoms with Crippen LogP contribution in [-0.4, -0.2) is 33.6 Å². The molecule has 1 amide bonds. The first-order valence-corrected chi connectivity index (χ1v) is 11.0. The third-order valence-corrected chi connectivity index (χ3v) is 5.37. The fraction of sp³-hybridized carbons (Fsp3) is 0.200. The molecule has 3 N–H and O–H groups in total. The Labute approximate surface area is 204 Å². The summed E-state index contributed by atoms with van der Waals surface area (Å²) in [6.07, 6.45) is 1.83. The van der Waals surface area contributed by atoms with Gasteiger partial charge in [0.25, 0.3) is 5.91 Å². The summed E-state index contributed by atoms with van der Waals surface area (Å²) in [5.74, 6) is -0.935. The second kappa shape index (κ2) is 10.5. The van der Waals surface area contributed by atoms with Crippen LogP contribution in [0.3, 0.4) is 0 Å². The molecule has 0 saturated carbocycles. The van der Waals surface area contributed by atoms with E-state index in [1.54, 1.807) is 30.5 Å². The average molecular weight is 494 g/mol. The van der Waals surface area contributed by atoms with Gasteiger partial charge in [-0.05, 0) is 31.5 Å². The van der Waals surface area contributed by atoms with E-state index in [-0.39, 0.29) is 22.8 Å². The number of nitrogens with one attached hydrogen (secondary N) is 1. The molecule has 0 bridgehead atoms. The normalized spacial score (nSPS) is 11.3. The lowest BCUT2D eigenvalue weighted by atomic mass is 10.1. The predicted octanol–water partition coefficient (Wildman–Crippen LogP) is 4.68. The second-order valence-corrected chi connectivity index (χ2v) is 7.81. The van der Waals surface area contributed by atoms with Crippen LogP contribution in [0.15, 0.2) is 61.2 Å². The van der Waals surface area contributed by atoms with Gasteiger partial charge in [-0.15, -0.1) is 0 Å². The summed E-state index contributed by atoms with van der Waals surface area (Å²) < 4.78 is 48.9. The zero-order chi connectivity index (χ0) is 25.7. The number of unbranched alkanes of at least 4 members (excludes halogenated alkanes) is 1. The lowest BCUT2D eigenvalue weighted by molar-refractivity contribution is -0.142. The molecule has 0 saturated heterocycles. The number of halogens is 3. The molecule has 11 heteroatoms. The van der Waals surface area contributed by atoms with E-state index in [1.165, 1.54) is 24.7 Å². The molecule has 3 aromatic heterocycles. The number of fused-ring (bicyclic) bond motifs is 1. The van der Waals surface area contributed by atoms with Gasteiger partial charge in [0.1, 0.15) is 17.3 Å². The van der Waals surface area contributed by atoms with Crippen molar-refractivity contribution in [2.45, 2.75) is 19.0 Å². The van der Waals surface area contributed by atoms with Crippen LogP contribution < -0.4 is 15.8 Å². The summed E-state index contributed by atoms with van der Waals surface area (Å²) in [5.41, 5.74) is 3.98. The molecule has 0 aliphatic carbocycles. The number of ether oxygens (including phenoxy) is 1. The van der Waals surface area contributed by atoms with Crippen LogP contribution in [0.4, 0.5) is 18.9 Å². The van der Waals surface area contributed by atoms with E-state index in [0.29, 0.717) is 30.3 Å². The Morgan fingerprint density at radius 2 is 1.97 bits per heavy atom. The van der Waals surface area contributed by atoms with Crippen molar-refractivity contribution in [3.8, 4) is 17.6 Å². The SMILES string of the molecule is N#Cc1cc(NC(=O)c2ccn(-c3cncc4ccccc34)c2C(F)(F)F)cnc1OCCCCN. The number of nitrogens with zero attached hydrogens (tertiary/aromatic N) is 4. The van der Waals surface area contributed by atoms with Crippen molar-refractivity contribution >= 4 is 22.4 Å². The molecule has 0 unspecified atom stereocenters. The van der Waals surface area contributed by atoms with Gasteiger partial charge in [-0.25, -0.2) is 4.98 Å². The number of hydrogen-bond donors (Lipinski definition) is 2. The van der Waals surface area contributed by atoms with Gasteiger partial charge in [0, 0.05) is 23.2 Å². The summed E-state index contributed by atoms with van der Waals surface area (Å²) in [7, 11) is 0. The molecule has 4 rings (SSSR count). The summed E-state index contributed by atoms with van der Waals surface area (Å²) in [6.45, 7) is 0.807. The largest absolute Gasteiger partial charge is 0.477 e. The number of carbonyl (C=O) groups excluding carboxylic acids is 1. The van der Waals surface area contributed by atoms with Crippen molar-refractivity contribution < 1.29 is 22.7 Å². The summed E-state index contributed by atoms with van der Waals surface area (Å²) in [5, 5.41) is 13.0. The summed E-state index contributed by atoms with van der Waals surface area (Å²) >= 11 is 0. The van der Waals surface area contributed by atoms with Crippen molar-refractivity contribution in [2.24, 2.45) is 5.73 Å². The first-order valence-electron chi connectivity index (χ1n) is 11.0. The van der Waals surface area contributed by atoms with E-state index < -0.39 is 23.3 Å². The van der Waals surface area contributed by atoms with E-state index >= 15 is 0 Å². The first kappa shape index (κ1) is 24.7. The molecule has 0 atom stereocenters. The van der Waals surface area contributed by atoms with Crippen molar-refractivity contribution in [1.82, 2.24) is 14.5 Å². The highest BCUT2D eigenvalue weighted by molar-refractivity contribution is 6.05. The van der Waals surface area contributed by atoms with Crippen LogP contribution >= 0.6 is 0 Å². The second-order valence-electron chi connectivity index (χ2n) is 7.81. The van der Waals surface area contributed by atoms with E-state index in [4.69, 9.17) is 10.5 Å². The van der Waals surface area contributed by atoms with E-state index in [2.05, 4.69) is 15.3 Å². The van der Waals surface area contributed by atoms with E-state index in [1.807, 2.05) is 6.07 Å². The first-order chi connectivity index (χ1) is 17.3. The Morgan fingerprint density at radius 1 is 1.17 bits per heavy atom. The molecular formula is C25H21F3N6O2. The van der Waals surface area contributed by atoms with Crippen molar-refractivity contribution in [2.75, 3.05) is 18.5 Å². The Hall–Kier alpha value is -4.43. The van der Waals surface area contributed by atoms with Crippen LogP contribution in [-0.2, 0) is 6.18 Å². The fourth-order valence-electron chi connectivity index (χ4n) is 3.73. The molecular weight excluding hydrogens is 473 g/mol. The molecule has 0 radical (unpaired) electrons. The number of alkyl halides is 3. The van der Waals surface area contributed by atoms with Crippen LogP contribution in [0.25, 0.3) is 16.5 Å². The fourth-order valence-corrected chi connectivity index (χ4v) is 3.73. The maximum Gasteiger partial charge on any atom is 0.432 e. The van der Waals surface area contributed by atoms with Gasteiger partial charge in [-0.2, -0.15) is 18.4 Å². The lowest BCUT2D eigenvalue weighted by Crippen LogP contribution is -2.20. The van der Waals surface area contributed by atoms with E-state index in [0.717, 1.165) is 17.1 Å². The Morgan fingerprint density at radius 3 is 2.72 bits per heavy atom. The van der Waals surface area contributed by atoms with Crippen LogP contribution in [0.5, 0.6) is 5.88 Å². The highest BCUT2D eigenvalue weighted by Crippen LogP contribution is 2.36. The van der Waals surface area contributed by atoms with Crippen LogP contribution in [0.2, 0.25) is 0 Å². The monoisotopic (exact) mass is 494 g/mol. The van der Waals surface area contributed by atoms with Gasteiger partial charge in [-0.3, -0.25) is 9.78 Å². The Bertz CT molecular complexity index is 1440. The number of nitriles is 1. The third kappa shape index (κ3) is 5.13. The number of carbonyl (C=O) groups is 1. The molecule has 184 valence electrons. The van der Waals surface area contributed by atoms with Gasteiger partial charge >= 0.3 is 6.18 Å². The van der Waals surface area contributed by atoms with Crippen molar-refractivity contribution in [1.29, 1.82) is 5.26 Å². The number of benzene rings is 1. The summed E-state index contributed by atoms with van der Waals surface area (Å²) in [6, 6.07) is 11.2. The molecule has 36 heavy (non-hydrogen) atoms. The Kier molecular flexibility index (Phi) is 7.17. The number of rotatable bonds is 8. The quantitative estimate of drug-likeness (QED) is 0.343. The van der Waals surface area contributed by atoms with E-state index in [9.17, 15) is 23.2 Å². The smallest absolute Gasteiger partial charge is 0.432 e. The zero-order valence-electron chi connectivity index (χ0n) is 18.9. The van der Waals surface area contributed by atoms with Gasteiger partial charge < -0.3 is 20.4 Å². The molecule has 0 fully saturated rings. The highest BCUT2D eigenvalue weighted by atomic mass is 19.4. The highest BCUT2D eigenvalue weighted by Gasteiger charge is 2.39. The minimum absolute atomic E-state index is 0.0380. The molecule has 0 spiro atoms. The average Bonchev–Trinajstić information content (AvgIpc) is 3.33. The predicted molar refractivity (Wildman–Crippen MR) is 127 cm³/mol. The molecule has 1 aromatic carbocycles. The minimum Gasteiger partial charge on any atom is -0.477 e. The minimum atomic E-state index is -4.84. The van der Waals surface area contributed by atoms with Gasteiger partial charge in [-0.1, -0.05) is 24.3 Å². The molecule has 3 heterocycles. The zero-order valence-corrected chi connectivity index (χ0v) is 18.9. The molecule has 4 aromatic rings. The number of amides is 1. The summed E-state index contributed by atoms with van der Waals surface area (Å²) in [4.78, 5) is 21.0. The van der Waals surface area contributed by atoms with Crippen molar-refractivity contribution in [3.05, 3.63) is 78.0 Å². The van der Waals surface area contributed by atoms with Gasteiger partial charge in [0.2, 0.25) is 5.88 Å². The molecule has 0 aliphatic heterocycles. The molecule has 8 nitrogen and oxygen atoms in total. The van der Waals surface area contributed by atoms with Crippen molar-refractivity contribution in [3.63, 3.8) is 0 Å². The number of pyridine rings is 2. The number of hydrogen-bond acceptors (Lipinski definition) is 6. The van der Waals surface area contributed by atoms with Crippen LogP contribution in [0.1, 0.15) is 34.5 Å². The molecule has 0 aliphatic rings. The standard InChI is InChI=1S/C25H21F3N6O2/c26-25(27,28)22-20(7-9-34(22)21-15-31-13-16-5-1-2-6-19(16)21)23(35)33-18-11-17(12-30)24(32-14-18)36-10-4-3-8-29/h1-2,5-7,9,11,13-15H,3-4,8,10,29H2,(H,33,35). The maximum atomic E-state index is 14.2. The van der Waals surface area contributed by atoms with Gasteiger partial charge in [0.15, 0.2) is 0 Å².